The second kappa shape index (κ2) is 6.99. The highest BCUT2D eigenvalue weighted by atomic mass is 16.4. The standard InChI is InChI=1S/C17H20N2O2/c1-12(2)16(17(20)21)19-11-13-6-5-7-14(10-13)15-8-3-4-9-18-15/h3-10,12,16,19H,11H2,1-2H3,(H,20,21)/t16-/m1/s1. The molecule has 0 aliphatic heterocycles. The quantitative estimate of drug-likeness (QED) is 0.856. The maximum atomic E-state index is 11.2. The molecule has 1 heterocycles. The van der Waals surface area contributed by atoms with E-state index in [0.717, 1.165) is 16.8 Å². The van der Waals surface area contributed by atoms with Crippen LogP contribution in [0.3, 0.4) is 0 Å². The van der Waals surface area contributed by atoms with Crippen molar-refractivity contribution < 1.29 is 9.90 Å². The molecule has 0 saturated carbocycles. The first-order chi connectivity index (χ1) is 10.1. The molecule has 1 atom stereocenters. The molecule has 0 radical (unpaired) electrons. The maximum absolute atomic E-state index is 11.2. The number of carbonyl (C=O) groups is 1. The van der Waals surface area contributed by atoms with Gasteiger partial charge >= 0.3 is 5.97 Å². The monoisotopic (exact) mass is 284 g/mol. The lowest BCUT2D eigenvalue weighted by atomic mass is 10.0. The molecule has 0 aliphatic carbocycles. The molecule has 1 aromatic carbocycles. The van der Waals surface area contributed by atoms with Crippen molar-refractivity contribution in [1.29, 1.82) is 0 Å². The van der Waals surface area contributed by atoms with Crippen LogP contribution >= 0.6 is 0 Å². The van der Waals surface area contributed by atoms with Crippen molar-refractivity contribution >= 4 is 5.97 Å². The van der Waals surface area contributed by atoms with Crippen molar-refractivity contribution in [3.8, 4) is 11.3 Å². The van der Waals surface area contributed by atoms with E-state index in [-0.39, 0.29) is 5.92 Å². The summed E-state index contributed by atoms with van der Waals surface area (Å²) in [6, 6.07) is 13.2. The van der Waals surface area contributed by atoms with E-state index in [1.54, 1.807) is 6.20 Å². The zero-order chi connectivity index (χ0) is 15.2. The molecule has 0 spiro atoms. The molecule has 0 saturated heterocycles. The summed E-state index contributed by atoms with van der Waals surface area (Å²) in [5.41, 5.74) is 2.99. The number of aromatic nitrogens is 1. The van der Waals surface area contributed by atoms with Gasteiger partial charge in [-0.25, -0.2) is 0 Å². The minimum absolute atomic E-state index is 0.0430. The van der Waals surface area contributed by atoms with Crippen LogP contribution in [0.2, 0.25) is 0 Å². The van der Waals surface area contributed by atoms with Crippen molar-refractivity contribution in [3.63, 3.8) is 0 Å². The normalized spacial score (nSPS) is 12.3. The first kappa shape index (κ1) is 15.2. The molecule has 2 rings (SSSR count). The zero-order valence-corrected chi connectivity index (χ0v) is 12.3. The van der Waals surface area contributed by atoms with Crippen molar-refractivity contribution in [1.82, 2.24) is 10.3 Å². The summed E-state index contributed by atoms with van der Waals surface area (Å²) >= 11 is 0. The van der Waals surface area contributed by atoms with Gasteiger partial charge in [-0.1, -0.05) is 38.1 Å². The molecule has 4 heteroatoms. The Morgan fingerprint density at radius 1 is 1.24 bits per heavy atom. The number of carboxylic acid groups (broad SMARTS) is 1. The number of pyridine rings is 1. The van der Waals surface area contributed by atoms with E-state index >= 15 is 0 Å². The van der Waals surface area contributed by atoms with Crippen LogP contribution in [0.1, 0.15) is 19.4 Å². The van der Waals surface area contributed by atoms with E-state index in [0.29, 0.717) is 6.54 Å². The Hall–Kier alpha value is -2.20. The molecule has 110 valence electrons. The van der Waals surface area contributed by atoms with Gasteiger partial charge in [-0.05, 0) is 29.7 Å². The molecule has 0 bridgehead atoms. The number of hydrogen-bond donors (Lipinski definition) is 2. The van der Waals surface area contributed by atoms with Gasteiger partial charge in [0, 0.05) is 18.3 Å². The minimum atomic E-state index is -0.814. The molecular weight excluding hydrogens is 264 g/mol. The van der Waals surface area contributed by atoms with Gasteiger partial charge in [0.15, 0.2) is 0 Å². The molecule has 0 amide bonds. The summed E-state index contributed by atoms with van der Waals surface area (Å²) in [5, 5.41) is 12.3. The van der Waals surface area contributed by atoms with Gasteiger partial charge in [-0.15, -0.1) is 0 Å². The maximum Gasteiger partial charge on any atom is 0.320 e. The van der Waals surface area contributed by atoms with E-state index in [2.05, 4.69) is 10.3 Å². The molecule has 0 fully saturated rings. The van der Waals surface area contributed by atoms with E-state index in [1.165, 1.54) is 0 Å². The van der Waals surface area contributed by atoms with Crippen LogP contribution < -0.4 is 5.32 Å². The van der Waals surface area contributed by atoms with Crippen LogP contribution in [-0.2, 0) is 11.3 Å². The second-order valence-corrected chi connectivity index (χ2v) is 5.36. The largest absolute Gasteiger partial charge is 0.480 e. The van der Waals surface area contributed by atoms with E-state index in [9.17, 15) is 9.90 Å². The predicted octanol–water partition coefficient (Wildman–Crippen LogP) is 2.95. The van der Waals surface area contributed by atoms with Crippen LogP contribution in [0.25, 0.3) is 11.3 Å². The summed E-state index contributed by atoms with van der Waals surface area (Å²) in [6.07, 6.45) is 1.76. The average Bonchev–Trinajstić information content (AvgIpc) is 2.48. The summed E-state index contributed by atoms with van der Waals surface area (Å²) in [7, 11) is 0. The number of benzene rings is 1. The van der Waals surface area contributed by atoms with Crippen LogP contribution in [0, 0.1) is 5.92 Å². The Morgan fingerprint density at radius 3 is 2.67 bits per heavy atom. The third kappa shape index (κ3) is 4.13. The van der Waals surface area contributed by atoms with Gasteiger partial charge in [0.25, 0.3) is 0 Å². The molecule has 2 aromatic rings. The van der Waals surface area contributed by atoms with Gasteiger partial charge in [0.1, 0.15) is 6.04 Å². The molecule has 0 aliphatic rings. The van der Waals surface area contributed by atoms with E-state index < -0.39 is 12.0 Å². The average molecular weight is 284 g/mol. The van der Waals surface area contributed by atoms with Gasteiger partial charge in [0.2, 0.25) is 0 Å². The van der Waals surface area contributed by atoms with Crippen molar-refractivity contribution in [3.05, 3.63) is 54.2 Å². The summed E-state index contributed by atoms with van der Waals surface area (Å²) in [4.78, 5) is 15.5. The molecule has 2 N–H and O–H groups in total. The topological polar surface area (TPSA) is 62.2 Å². The van der Waals surface area contributed by atoms with Gasteiger partial charge in [0.05, 0.1) is 5.69 Å². The Labute approximate surface area is 124 Å². The van der Waals surface area contributed by atoms with Crippen molar-refractivity contribution in [2.75, 3.05) is 0 Å². The van der Waals surface area contributed by atoms with Crippen molar-refractivity contribution in [2.45, 2.75) is 26.4 Å². The highest BCUT2D eigenvalue weighted by molar-refractivity contribution is 5.73. The Bertz CT molecular complexity index is 597. The number of aliphatic carboxylic acids is 1. The lowest BCUT2D eigenvalue weighted by Crippen LogP contribution is -2.40. The lowest BCUT2D eigenvalue weighted by Gasteiger charge is -2.18. The van der Waals surface area contributed by atoms with Gasteiger partial charge in [-0.3, -0.25) is 9.78 Å². The number of nitrogens with one attached hydrogen (secondary N) is 1. The zero-order valence-electron chi connectivity index (χ0n) is 12.3. The van der Waals surface area contributed by atoms with Gasteiger partial charge < -0.3 is 10.4 Å². The predicted molar refractivity (Wildman–Crippen MR) is 82.8 cm³/mol. The number of hydrogen-bond acceptors (Lipinski definition) is 3. The minimum Gasteiger partial charge on any atom is -0.480 e. The second-order valence-electron chi connectivity index (χ2n) is 5.36. The van der Waals surface area contributed by atoms with Crippen LogP contribution in [0.5, 0.6) is 0 Å². The van der Waals surface area contributed by atoms with Crippen LogP contribution in [-0.4, -0.2) is 22.1 Å². The molecular formula is C17H20N2O2. The fraction of sp³-hybridized carbons (Fsp3) is 0.294. The Kier molecular flexibility index (Phi) is 5.06. The summed E-state index contributed by atoms with van der Waals surface area (Å²) in [6.45, 7) is 4.32. The molecule has 0 unspecified atom stereocenters. The summed E-state index contributed by atoms with van der Waals surface area (Å²) < 4.78 is 0. The molecule has 1 aromatic heterocycles. The number of nitrogens with zero attached hydrogens (tertiary/aromatic N) is 1. The lowest BCUT2D eigenvalue weighted by molar-refractivity contribution is -0.140. The SMILES string of the molecule is CC(C)[C@@H](NCc1cccc(-c2ccccn2)c1)C(=O)O. The Morgan fingerprint density at radius 2 is 2.05 bits per heavy atom. The third-order valence-corrected chi connectivity index (χ3v) is 3.35. The highest BCUT2D eigenvalue weighted by Gasteiger charge is 2.20. The van der Waals surface area contributed by atoms with Crippen molar-refractivity contribution in [2.24, 2.45) is 5.92 Å². The van der Waals surface area contributed by atoms with Gasteiger partial charge in [-0.2, -0.15) is 0 Å². The third-order valence-electron chi connectivity index (χ3n) is 3.35. The first-order valence-corrected chi connectivity index (χ1v) is 7.04. The van der Waals surface area contributed by atoms with E-state index in [4.69, 9.17) is 0 Å². The number of carboxylic acids is 1. The fourth-order valence-electron chi connectivity index (χ4n) is 2.21. The Balaban J connectivity index is 2.10. The fourth-order valence-corrected chi connectivity index (χ4v) is 2.21. The van der Waals surface area contributed by atoms with Crippen LogP contribution in [0.4, 0.5) is 0 Å². The van der Waals surface area contributed by atoms with E-state index in [1.807, 2.05) is 56.3 Å². The molecule has 21 heavy (non-hydrogen) atoms. The number of rotatable bonds is 6. The van der Waals surface area contributed by atoms with Crippen LogP contribution in [0.15, 0.2) is 48.7 Å². The first-order valence-electron chi connectivity index (χ1n) is 7.04. The highest BCUT2D eigenvalue weighted by Crippen LogP contribution is 2.17. The summed E-state index contributed by atoms with van der Waals surface area (Å²) in [5.74, 6) is -0.771. The molecule has 4 nitrogen and oxygen atoms in total. The smallest absolute Gasteiger partial charge is 0.320 e.